The van der Waals surface area contributed by atoms with Gasteiger partial charge in [-0.3, -0.25) is 9.78 Å². The molecule has 2 heterocycles. The molecule has 2 N–H and O–H groups in total. The number of carbonyl (C=O) groups excluding carboxylic acids is 1. The van der Waals surface area contributed by atoms with Crippen LogP contribution in [-0.2, 0) is 4.79 Å². The van der Waals surface area contributed by atoms with Gasteiger partial charge in [0.15, 0.2) is 0 Å². The number of carboxylic acid groups (broad SMARTS) is 1. The van der Waals surface area contributed by atoms with Crippen molar-refractivity contribution in [3.05, 3.63) is 24.0 Å². The predicted octanol–water partition coefficient (Wildman–Crippen LogP) is 1.20. The van der Waals surface area contributed by atoms with Crippen molar-refractivity contribution in [2.24, 2.45) is 0 Å². The van der Waals surface area contributed by atoms with Crippen molar-refractivity contribution in [1.29, 1.82) is 0 Å². The molecule has 1 aliphatic heterocycles. The van der Waals surface area contributed by atoms with Crippen molar-refractivity contribution in [3.63, 3.8) is 0 Å². The summed E-state index contributed by atoms with van der Waals surface area (Å²) in [6.07, 6.45) is 5.51. The third-order valence-corrected chi connectivity index (χ3v) is 3.12. The number of hydrogen-bond donors (Lipinski definition) is 2. The van der Waals surface area contributed by atoms with E-state index in [-0.39, 0.29) is 11.5 Å². The zero-order valence-corrected chi connectivity index (χ0v) is 10.6. The van der Waals surface area contributed by atoms with E-state index in [0.717, 1.165) is 19.6 Å². The van der Waals surface area contributed by atoms with E-state index < -0.39 is 5.97 Å². The summed E-state index contributed by atoms with van der Waals surface area (Å²) in [4.78, 5) is 28.6. The van der Waals surface area contributed by atoms with Crippen LogP contribution in [0.25, 0.3) is 0 Å². The molecule has 1 saturated heterocycles. The maximum absolute atomic E-state index is 11.7. The van der Waals surface area contributed by atoms with E-state index in [1.54, 1.807) is 0 Å². The molecule has 6 heteroatoms. The highest BCUT2D eigenvalue weighted by Gasteiger charge is 2.13. The van der Waals surface area contributed by atoms with E-state index in [0.29, 0.717) is 12.1 Å². The molecule has 0 spiro atoms. The number of amides is 1. The minimum absolute atomic E-state index is 0.0670. The Labute approximate surface area is 111 Å². The quantitative estimate of drug-likeness (QED) is 0.834. The molecule has 1 amide bonds. The van der Waals surface area contributed by atoms with Crippen LogP contribution < -0.4 is 5.32 Å². The smallest absolute Gasteiger partial charge is 0.337 e. The topological polar surface area (TPSA) is 82.5 Å². The number of likely N-dealkylation sites (tertiary alicyclic amines) is 1. The van der Waals surface area contributed by atoms with E-state index in [2.05, 4.69) is 15.2 Å². The van der Waals surface area contributed by atoms with E-state index >= 15 is 0 Å². The summed E-state index contributed by atoms with van der Waals surface area (Å²) in [5.74, 6) is -1.17. The standard InChI is InChI=1S/C13H17N3O3/c17-12(3-6-16-4-1-2-5-16)15-11-7-10(13(18)19)8-14-9-11/h7-9H,1-6H2,(H,15,17)(H,18,19). The van der Waals surface area contributed by atoms with Gasteiger partial charge in [-0.15, -0.1) is 0 Å². The number of nitrogens with zero attached hydrogens (tertiary/aromatic N) is 2. The van der Waals surface area contributed by atoms with Gasteiger partial charge in [0.1, 0.15) is 0 Å². The number of aromatic nitrogens is 1. The first-order valence-electron chi connectivity index (χ1n) is 6.36. The molecule has 102 valence electrons. The van der Waals surface area contributed by atoms with E-state index in [1.807, 2.05) is 0 Å². The van der Waals surface area contributed by atoms with Gasteiger partial charge in [0, 0.05) is 19.2 Å². The molecule has 1 fully saturated rings. The molecule has 0 saturated carbocycles. The SMILES string of the molecule is O=C(CCN1CCCC1)Nc1cncc(C(=O)O)c1. The van der Waals surface area contributed by atoms with Crippen LogP contribution >= 0.6 is 0 Å². The zero-order chi connectivity index (χ0) is 13.7. The first-order valence-corrected chi connectivity index (χ1v) is 6.36. The number of aromatic carboxylic acids is 1. The first kappa shape index (κ1) is 13.5. The van der Waals surface area contributed by atoms with Crippen molar-refractivity contribution >= 4 is 17.6 Å². The normalized spacial score (nSPS) is 15.4. The Bertz CT molecular complexity index is 470. The van der Waals surface area contributed by atoms with Gasteiger partial charge in [-0.1, -0.05) is 0 Å². The minimum atomic E-state index is -1.05. The summed E-state index contributed by atoms with van der Waals surface area (Å²) >= 11 is 0. The summed E-state index contributed by atoms with van der Waals surface area (Å²) in [6.45, 7) is 2.87. The Morgan fingerprint density at radius 3 is 2.74 bits per heavy atom. The molecular formula is C13H17N3O3. The van der Waals surface area contributed by atoms with Crippen molar-refractivity contribution in [3.8, 4) is 0 Å². The summed E-state index contributed by atoms with van der Waals surface area (Å²) < 4.78 is 0. The fraction of sp³-hybridized carbons (Fsp3) is 0.462. The van der Waals surface area contributed by atoms with Crippen molar-refractivity contribution in [1.82, 2.24) is 9.88 Å². The summed E-state index contributed by atoms with van der Waals surface area (Å²) in [6, 6.07) is 1.41. The monoisotopic (exact) mass is 263 g/mol. The molecule has 6 nitrogen and oxygen atoms in total. The number of nitrogens with one attached hydrogen (secondary N) is 1. The van der Waals surface area contributed by atoms with Crippen LogP contribution in [0.15, 0.2) is 18.5 Å². The molecule has 2 rings (SSSR count). The van der Waals surface area contributed by atoms with Gasteiger partial charge in [-0.2, -0.15) is 0 Å². The Morgan fingerprint density at radius 2 is 2.05 bits per heavy atom. The zero-order valence-electron chi connectivity index (χ0n) is 10.6. The van der Waals surface area contributed by atoms with Crippen molar-refractivity contribution in [2.45, 2.75) is 19.3 Å². The molecule has 0 radical (unpaired) electrons. The molecular weight excluding hydrogens is 246 g/mol. The largest absolute Gasteiger partial charge is 0.478 e. The number of anilines is 1. The second-order valence-electron chi connectivity index (χ2n) is 4.61. The highest BCUT2D eigenvalue weighted by atomic mass is 16.4. The van der Waals surface area contributed by atoms with Crippen LogP contribution in [-0.4, -0.2) is 46.5 Å². The second-order valence-corrected chi connectivity index (χ2v) is 4.61. The van der Waals surface area contributed by atoms with Crippen LogP contribution in [0.2, 0.25) is 0 Å². The Hall–Kier alpha value is -1.95. The second kappa shape index (κ2) is 6.29. The molecule has 0 aliphatic carbocycles. The number of carbonyl (C=O) groups is 2. The van der Waals surface area contributed by atoms with Crippen LogP contribution in [0.3, 0.4) is 0 Å². The fourth-order valence-corrected chi connectivity index (χ4v) is 2.11. The number of carboxylic acids is 1. The Balaban J connectivity index is 1.84. The van der Waals surface area contributed by atoms with Crippen LogP contribution in [0, 0.1) is 0 Å². The molecule has 1 aliphatic rings. The minimum Gasteiger partial charge on any atom is -0.478 e. The number of hydrogen-bond acceptors (Lipinski definition) is 4. The average molecular weight is 263 g/mol. The van der Waals surface area contributed by atoms with E-state index in [1.165, 1.54) is 31.3 Å². The summed E-state index contributed by atoms with van der Waals surface area (Å²) in [5, 5.41) is 11.5. The van der Waals surface area contributed by atoms with Gasteiger partial charge in [0.05, 0.1) is 17.4 Å². The Morgan fingerprint density at radius 1 is 1.32 bits per heavy atom. The van der Waals surface area contributed by atoms with Gasteiger partial charge >= 0.3 is 5.97 Å². The fourth-order valence-electron chi connectivity index (χ4n) is 2.11. The third-order valence-electron chi connectivity index (χ3n) is 3.12. The summed E-state index contributed by atoms with van der Waals surface area (Å²) in [7, 11) is 0. The van der Waals surface area contributed by atoms with Gasteiger partial charge < -0.3 is 15.3 Å². The molecule has 1 aromatic rings. The van der Waals surface area contributed by atoms with Gasteiger partial charge in [0.25, 0.3) is 0 Å². The van der Waals surface area contributed by atoms with E-state index in [4.69, 9.17) is 5.11 Å². The van der Waals surface area contributed by atoms with Crippen LogP contribution in [0.1, 0.15) is 29.6 Å². The lowest BCUT2D eigenvalue weighted by Gasteiger charge is -2.13. The molecule has 1 aromatic heterocycles. The highest BCUT2D eigenvalue weighted by molar-refractivity contribution is 5.93. The lowest BCUT2D eigenvalue weighted by Crippen LogP contribution is -2.25. The van der Waals surface area contributed by atoms with Gasteiger partial charge in [0.2, 0.25) is 5.91 Å². The maximum Gasteiger partial charge on any atom is 0.337 e. The van der Waals surface area contributed by atoms with E-state index in [9.17, 15) is 9.59 Å². The van der Waals surface area contributed by atoms with Crippen molar-refractivity contribution in [2.75, 3.05) is 25.0 Å². The predicted molar refractivity (Wildman–Crippen MR) is 70.1 cm³/mol. The van der Waals surface area contributed by atoms with Crippen LogP contribution in [0.5, 0.6) is 0 Å². The molecule has 0 atom stereocenters. The lowest BCUT2D eigenvalue weighted by molar-refractivity contribution is -0.116. The van der Waals surface area contributed by atoms with Crippen molar-refractivity contribution < 1.29 is 14.7 Å². The lowest BCUT2D eigenvalue weighted by atomic mass is 10.2. The molecule has 19 heavy (non-hydrogen) atoms. The van der Waals surface area contributed by atoms with Gasteiger partial charge in [-0.25, -0.2) is 4.79 Å². The highest BCUT2D eigenvalue weighted by Crippen LogP contribution is 2.10. The number of pyridine rings is 1. The van der Waals surface area contributed by atoms with Crippen LogP contribution in [0.4, 0.5) is 5.69 Å². The summed E-state index contributed by atoms with van der Waals surface area (Å²) in [5.41, 5.74) is 0.490. The number of rotatable bonds is 5. The van der Waals surface area contributed by atoms with Gasteiger partial charge in [-0.05, 0) is 32.0 Å². The molecule has 0 unspecified atom stereocenters. The first-order chi connectivity index (χ1) is 9.15. The maximum atomic E-state index is 11.7. The third kappa shape index (κ3) is 4.03. The molecule has 0 bridgehead atoms. The average Bonchev–Trinajstić information content (AvgIpc) is 2.90. The molecule has 0 aromatic carbocycles. The Kier molecular flexibility index (Phi) is 4.46.